The summed E-state index contributed by atoms with van der Waals surface area (Å²) in [6.07, 6.45) is 2.43. The summed E-state index contributed by atoms with van der Waals surface area (Å²) in [7, 11) is 5.84. The van der Waals surface area contributed by atoms with Gasteiger partial charge in [0.2, 0.25) is 0 Å². The van der Waals surface area contributed by atoms with Gasteiger partial charge in [-0.05, 0) is 54.1 Å². The molecule has 0 aliphatic rings. The molecule has 0 heterocycles. The van der Waals surface area contributed by atoms with Crippen LogP contribution in [0.1, 0.15) is 15.9 Å². The smallest absolute Gasteiger partial charge is 0.327 e. The van der Waals surface area contributed by atoms with Gasteiger partial charge in [-0.1, -0.05) is 0 Å². The highest BCUT2D eigenvalue weighted by Gasteiger charge is 1.95. The minimum Gasteiger partial charge on any atom is -0.497 e. The third kappa shape index (κ3) is 14.5. The normalized spacial score (nSPS) is 9.03. The Morgan fingerprint density at radius 1 is 0.812 bits per heavy atom. The Morgan fingerprint density at radius 3 is 1.56 bits per heavy atom. The number of ether oxygens (including phenoxy) is 4. The van der Waals surface area contributed by atoms with Crippen LogP contribution in [0.5, 0.6) is 11.5 Å². The van der Waals surface area contributed by atoms with E-state index in [1.807, 2.05) is 24.3 Å². The molecule has 0 amide bonds. The highest BCUT2D eigenvalue weighted by Crippen LogP contribution is 2.10. The van der Waals surface area contributed by atoms with E-state index in [4.69, 9.17) is 15.2 Å². The van der Waals surface area contributed by atoms with Gasteiger partial charge in [0.15, 0.2) is 0 Å². The number of nitrogens with two attached hydrogens (primary N) is 1. The number of hydrogen-bond acceptors (Lipinski definition) is 9. The van der Waals surface area contributed by atoms with Gasteiger partial charge in [-0.25, -0.2) is 0 Å². The van der Waals surface area contributed by atoms with E-state index in [2.05, 4.69) is 14.5 Å². The van der Waals surface area contributed by atoms with E-state index in [9.17, 15) is 14.4 Å². The molecule has 2 rings (SSSR count). The molecule has 176 valence electrons. The van der Waals surface area contributed by atoms with Gasteiger partial charge in [0.25, 0.3) is 0 Å². The van der Waals surface area contributed by atoms with Crippen LogP contribution in [-0.4, -0.2) is 66.0 Å². The van der Waals surface area contributed by atoms with E-state index in [1.54, 1.807) is 44.7 Å². The predicted molar refractivity (Wildman–Crippen MR) is 124 cm³/mol. The number of esters is 2. The van der Waals surface area contributed by atoms with Crippen molar-refractivity contribution < 1.29 is 33.3 Å². The molecule has 0 fully saturated rings. The number of methoxy groups -OCH3 is 4. The zero-order valence-electron chi connectivity index (χ0n) is 18.5. The monoisotopic (exact) mass is 468 g/mol. The van der Waals surface area contributed by atoms with E-state index in [0.29, 0.717) is 5.56 Å². The first kappa shape index (κ1) is 30.8. The highest BCUT2D eigenvalue weighted by molar-refractivity contribution is 5.85. The Morgan fingerprint density at radius 2 is 1.25 bits per heavy atom. The molecule has 2 aromatic rings. The number of nitrogens with zero attached hydrogens (tertiary/aromatic N) is 1. The summed E-state index contributed by atoms with van der Waals surface area (Å²) in [5.41, 5.74) is 6.39. The molecule has 2 aromatic carbocycles. The average Bonchev–Trinajstić information content (AvgIpc) is 2.84. The van der Waals surface area contributed by atoms with E-state index in [1.165, 1.54) is 14.2 Å². The number of aliphatic imine (C=N–C) groups is 1. The number of aldehydes is 1. The second-order valence-corrected chi connectivity index (χ2v) is 5.49. The number of carbonyl (C=O) groups excluding carboxylic acids is 3. The van der Waals surface area contributed by atoms with Crippen LogP contribution in [0.4, 0.5) is 0 Å². The van der Waals surface area contributed by atoms with Gasteiger partial charge in [0.1, 0.15) is 24.3 Å². The van der Waals surface area contributed by atoms with Crippen molar-refractivity contribution in [2.75, 3.05) is 41.5 Å². The van der Waals surface area contributed by atoms with Crippen molar-refractivity contribution in [3.63, 3.8) is 0 Å². The molecule has 2 N–H and O–H groups in total. The summed E-state index contributed by atoms with van der Waals surface area (Å²) in [5, 5.41) is 0. The molecule has 0 unspecified atom stereocenters. The Bertz CT molecular complexity index is 804. The minimum absolute atomic E-state index is 0. The minimum atomic E-state index is -0.380. The summed E-state index contributed by atoms with van der Waals surface area (Å²) >= 11 is 0. The highest BCUT2D eigenvalue weighted by atomic mass is 35.5. The van der Waals surface area contributed by atoms with E-state index in [-0.39, 0.29) is 37.4 Å². The summed E-state index contributed by atoms with van der Waals surface area (Å²) in [6.45, 7) is 0.0129. The predicted octanol–water partition coefficient (Wildman–Crippen LogP) is 2.33. The molecule has 0 spiro atoms. The van der Waals surface area contributed by atoms with Crippen molar-refractivity contribution in [2.24, 2.45) is 10.7 Å². The van der Waals surface area contributed by atoms with Crippen LogP contribution in [0, 0.1) is 0 Å². The molecule has 0 aromatic heterocycles. The fourth-order valence-electron chi connectivity index (χ4n) is 1.75. The largest absolute Gasteiger partial charge is 0.497 e. The van der Waals surface area contributed by atoms with Gasteiger partial charge in [-0.3, -0.25) is 19.4 Å². The van der Waals surface area contributed by atoms with Crippen molar-refractivity contribution in [3.8, 4) is 11.5 Å². The topological polar surface area (TPSA) is 127 Å². The molecule has 0 saturated heterocycles. The fourth-order valence-corrected chi connectivity index (χ4v) is 1.75. The molecule has 0 aliphatic carbocycles. The molecular weight excluding hydrogens is 440 g/mol. The van der Waals surface area contributed by atoms with E-state index in [0.717, 1.165) is 23.3 Å². The Kier molecular flexibility index (Phi) is 18.8. The summed E-state index contributed by atoms with van der Waals surface area (Å²) < 4.78 is 18.5. The zero-order chi connectivity index (χ0) is 23.5. The van der Waals surface area contributed by atoms with Gasteiger partial charge in [0, 0.05) is 11.8 Å². The molecule has 9 nitrogen and oxygen atoms in total. The van der Waals surface area contributed by atoms with Crippen molar-refractivity contribution >= 4 is 36.8 Å². The Balaban J connectivity index is 0. The first-order valence-corrected chi connectivity index (χ1v) is 9.00. The third-order valence-corrected chi connectivity index (χ3v) is 3.45. The van der Waals surface area contributed by atoms with E-state index >= 15 is 0 Å². The lowest BCUT2D eigenvalue weighted by atomic mass is 10.2. The van der Waals surface area contributed by atoms with Crippen LogP contribution in [0.3, 0.4) is 0 Å². The van der Waals surface area contributed by atoms with Gasteiger partial charge < -0.3 is 24.7 Å². The SMILES string of the molecule is COC(=O)CN.COC(=O)CN=Cc1ccc(OC)cc1.COc1ccc(C=O)cc1.Cl. The zero-order valence-corrected chi connectivity index (χ0v) is 19.3. The van der Waals surface area contributed by atoms with Gasteiger partial charge in [-0.2, -0.15) is 0 Å². The number of hydrogen-bond donors (Lipinski definition) is 1. The maximum atomic E-state index is 10.7. The van der Waals surface area contributed by atoms with Crippen LogP contribution in [-0.2, 0) is 19.1 Å². The van der Waals surface area contributed by atoms with Crippen LogP contribution in [0.15, 0.2) is 53.5 Å². The number of rotatable bonds is 7. The number of benzene rings is 2. The maximum Gasteiger partial charge on any atom is 0.327 e. The summed E-state index contributed by atoms with van der Waals surface area (Å²) in [6, 6.07) is 14.3. The van der Waals surface area contributed by atoms with Crippen LogP contribution in [0.25, 0.3) is 0 Å². The molecule has 0 radical (unpaired) electrons. The Labute approximate surface area is 193 Å². The fraction of sp³-hybridized carbons (Fsp3) is 0.273. The molecule has 0 atom stereocenters. The first-order valence-electron chi connectivity index (χ1n) is 9.00. The van der Waals surface area contributed by atoms with Gasteiger partial charge in [0.05, 0.1) is 35.0 Å². The summed E-state index contributed by atoms with van der Waals surface area (Å²) in [4.78, 5) is 34.7. The van der Waals surface area contributed by atoms with Crippen LogP contribution < -0.4 is 15.2 Å². The first-order chi connectivity index (χ1) is 14.9. The molecule has 0 saturated carbocycles. The molecule has 0 bridgehead atoms. The van der Waals surface area contributed by atoms with Crippen LogP contribution >= 0.6 is 12.4 Å². The van der Waals surface area contributed by atoms with Crippen molar-refractivity contribution in [1.82, 2.24) is 0 Å². The molecule has 10 heteroatoms. The molecule has 0 aliphatic heterocycles. The second-order valence-electron chi connectivity index (χ2n) is 5.49. The lowest BCUT2D eigenvalue weighted by Crippen LogP contribution is -2.14. The quantitative estimate of drug-likeness (QED) is 0.372. The van der Waals surface area contributed by atoms with E-state index < -0.39 is 0 Å². The molecular formula is C22H29ClN2O7. The van der Waals surface area contributed by atoms with Crippen molar-refractivity contribution in [2.45, 2.75) is 0 Å². The average molecular weight is 469 g/mol. The molecule has 32 heavy (non-hydrogen) atoms. The van der Waals surface area contributed by atoms with Crippen LogP contribution in [0.2, 0.25) is 0 Å². The van der Waals surface area contributed by atoms with Crippen molar-refractivity contribution in [1.29, 1.82) is 0 Å². The standard InChI is InChI=1S/C11H13NO3.C8H8O2.C3H7NO2.ClH/c1-14-10-5-3-9(4-6-10)7-12-8-11(13)15-2;1-10-8-4-2-7(6-9)3-5-8;1-6-3(5)2-4;/h3-7H,8H2,1-2H3;2-6H,1H3;2,4H2,1H3;1H. The number of halogens is 1. The number of carbonyl (C=O) groups is 3. The summed E-state index contributed by atoms with van der Waals surface area (Å²) in [5.74, 6) is 0.834. The lowest BCUT2D eigenvalue weighted by Gasteiger charge is -1.98. The Hall–Kier alpha value is -3.43. The van der Waals surface area contributed by atoms with Crippen molar-refractivity contribution in [3.05, 3.63) is 59.7 Å². The lowest BCUT2D eigenvalue weighted by molar-refractivity contribution is -0.139. The van der Waals surface area contributed by atoms with Gasteiger partial charge >= 0.3 is 11.9 Å². The van der Waals surface area contributed by atoms with Gasteiger partial charge in [-0.15, -0.1) is 12.4 Å². The maximum absolute atomic E-state index is 10.7. The second kappa shape index (κ2) is 19.5. The third-order valence-electron chi connectivity index (χ3n) is 3.45.